The molecule has 1 heterocycles. The predicted molar refractivity (Wildman–Crippen MR) is 141 cm³/mol. The Morgan fingerprint density at radius 2 is 1.37 bits per heavy atom. The number of ether oxygens (including phenoxy) is 1. The van der Waals surface area contributed by atoms with E-state index in [1.165, 1.54) is 0 Å². The van der Waals surface area contributed by atoms with Gasteiger partial charge in [-0.2, -0.15) is 0 Å². The SMILES string of the molecule is O=C(Nc1ccc(Oc2ccccc2)cc1)N1NC(c2ccc(Cl)cc2)=CC1c1ccc(Cl)cc1. The van der Waals surface area contributed by atoms with Gasteiger partial charge < -0.3 is 10.1 Å². The maximum Gasteiger partial charge on any atom is 0.341 e. The first kappa shape index (κ1) is 22.8. The summed E-state index contributed by atoms with van der Waals surface area (Å²) in [7, 11) is 0. The van der Waals surface area contributed by atoms with Crippen LogP contribution in [0.1, 0.15) is 17.2 Å². The quantitative estimate of drug-likeness (QED) is 0.292. The van der Waals surface area contributed by atoms with Crippen LogP contribution in [0.25, 0.3) is 5.70 Å². The number of hydrazine groups is 1. The molecule has 0 fully saturated rings. The smallest absolute Gasteiger partial charge is 0.341 e. The van der Waals surface area contributed by atoms with E-state index in [4.69, 9.17) is 27.9 Å². The number of benzene rings is 4. The molecule has 1 aliphatic rings. The first-order valence-electron chi connectivity index (χ1n) is 11.0. The number of carbonyl (C=O) groups excluding carboxylic acids is 1. The van der Waals surface area contributed by atoms with Crippen LogP contribution in [0.3, 0.4) is 0 Å². The van der Waals surface area contributed by atoms with Crippen LogP contribution >= 0.6 is 23.2 Å². The Balaban J connectivity index is 1.34. The molecule has 0 bridgehead atoms. The number of para-hydroxylation sites is 1. The van der Waals surface area contributed by atoms with E-state index < -0.39 is 0 Å². The summed E-state index contributed by atoms with van der Waals surface area (Å²) in [5.74, 6) is 1.43. The lowest BCUT2D eigenvalue weighted by Crippen LogP contribution is -2.42. The van der Waals surface area contributed by atoms with E-state index in [2.05, 4.69) is 10.7 Å². The highest BCUT2D eigenvalue weighted by Crippen LogP contribution is 2.33. The Hall–Kier alpha value is -3.93. The third-order valence-corrected chi connectivity index (χ3v) is 6.02. The summed E-state index contributed by atoms with van der Waals surface area (Å²) in [6.07, 6.45) is 2.00. The minimum absolute atomic E-state index is 0.304. The molecule has 0 spiro atoms. The molecule has 5 rings (SSSR count). The van der Waals surface area contributed by atoms with Gasteiger partial charge in [-0.05, 0) is 77.9 Å². The number of anilines is 1. The summed E-state index contributed by atoms with van der Waals surface area (Å²) in [6, 6.07) is 31.0. The minimum Gasteiger partial charge on any atom is -0.457 e. The first-order valence-corrected chi connectivity index (χ1v) is 11.7. The molecular weight excluding hydrogens is 481 g/mol. The van der Waals surface area contributed by atoms with Crippen molar-refractivity contribution >= 4 is 40.6 Å². The first-order chi connectivity index (χ1) is 17.0. The van der Waals surface area contributed by atoms with Crippen molar-refractivity contribution < 1.29 is 9.53 Å². The summed E-state index contributed by atoms with van der Waals surface area (Å²) in [5, 5.41) is 5.80. The normalized spacial score (nSPS) is 14.7. The maximum absolute atomic E-state index is 13.3. The van der Waals surface area contributed by atoms with Gasteiger partial charge in [0, 0.05) is 15.7 Å². The molecule has 0 saturated carbocycles. The van der Waals surface area contributed by atoms with Gasteiger partial charge in [-0.15, -0.1) is 0 Å². The second-order valence-electron chi connectivity index (χ2n) is 7.94. The van der Waals surface area contributed by atoms with E-state index in [1.807, 2.05) is 97.1 Å². The fourth-order valence-corrected chi connectivity index (χ4v) is 4.01. The number of hydrogen-bond acceptors (Lipinski definition) is 3. The lowest BCUT2D eigenvalue weighted by atomic mass is 10.0. The van der Waals surface area contributed by atoms with E-state index >= 15 is 0 Å². The third kappa shape index (κ3) is 5.43. The summed E-state index contributed by atoms with van der Waals surface area (Å²) >= 11 is 12.1. The Morgan fingerprint density at radius 3 is 2.03 bits per heavy atom. The van der Waals surface area contributed by atoms with Crippen molar-refractivity contribution in [1.82, 2.24) is 10.4 Å². The molecule has 1 aliphatic heterocycles. The molecule has 0 radical (unpaired) electrons. The largest absolute Gasteiger partial charge is 0.457 e. The van der Waals surface area contributed by atoms with Crippen LogP contribution in [0, 0.1) is 0 Å². The van der Waals surface area contributed by atoms with E-state index in [0.29, 0.717) is 21.5 Å². The Kier molecular flexibility index (Phi) is 6.62. The zero-order valence-corrected chi connectivity index (χ0v) is 20.0. The highest BCUT2D eigenvalue weighted by Gasteiger charge is 2.31. The Labute approximate surface area is 213 Å². The molecular formula is C28H21Cl2N3O2. The van der Waals surface area contributed by atoms with Gasteiger partial charge in [-0.25, -0.2) is 9.80 Å². The van der Waals surface area contributed by atoms with Crippen molar-refractivity contribution in [2.75, 3.05) is 5.32 Å². The lowest BCUT2D eigenvalue weighted by molar-refractivity contribution is 0.190. The number of hydrogen-bond donors (Lipinski definition) is 2. The van der Waals surface area contributed by atoms with Crippen molar-refractivity contribution in [1.29, 1.82) is 0 Å². The van der Waals surface area contributed by atoms with Gasteiger partial charge in [0.2, 0.25) is 0 Å². The highest BCUT2D eigenvalue weighted by molar-refractivity contribution is 6.30. The van der Waals surface area contributed by atoms with E-state index in [-0.39, 0.29) is 12.1 Å². The van der Waals surface area contributed by atoms with Crippen LogP contribution in [-0.2, 0) is 0 Å². The molecule has 0 saturated heterocycles. The number of nitrogens with one attached hydrogen (secondary N) is 2. The molecule has 1 unspecified atom stereocenters. The van der Waals surface area contributed by atoms with Gasteiger partial charge >= 0.3 is 6.03 Å². The zero-order chi connectivity index (χ0) is 24.2. The number of urea groups is 1. The van der Waals surface area contributed by atoms with Crippen LogP contribution in [0.2, 0.25) is 10.0 Å². The van der Waals surface area contributed by atoms with E-state index in [0.717, 1.165) is 22.6 Å². The molecule has 1 atom stereocenters. The summed E-state index contributed by atoms with van der Waals surface area (Å²) in [5.41, 5.74) is 6.54. The Bertz CT molecular complexity index is 1340. The van der Waals surface area contributed by atoms with Gasteiger partial charge in [-0.1, -0.05) is 65.7 Å². The van der Waals surface area contributed by atoms with Crippen molar-refractivity contribution in [3.63, 3.8) is 0 Å². The van der Waals surface area contributed by atoms with Crippen LogP contribution in [-0.4, -0.2) is 11.0 Å². The molecule has 0 aliphatic carbocycles. The Morgan fingerprint density at radius 1 is 0.771 bits per heavy atom. The number of rotatable bonds is 5. The molecule has 7 heteroatoms. The molecule has 174 valence electrons. The molecule has 5 nitrogen and oxygen atoms in total. The molecule has 2 amide bonds. The van der Waals surface area contributed by atoms with Crippen LogP contribution in [0.4, 0.5) is 10.5 Å². The van der Waals surface area contributed by atoms with Gasteiger partial charge in [0.25, 0.3) is 0 Å². The van der Waals surface area contributed by atoms with Crippen molar-refractivity contribution in [3.8, 4) is 11.5 Å². The number of halogens is 2. The number of carbonyl (C=O) groups is 1. The summed E-state index contributed by atoms with van der Waals surface area (Å²) < 4.78 is 5.83. The lowest BCUT2D eigenvalue weighted by Gasteiger charge is -2.26. The molecule has 4 aromatic carbocycles. The summed E-state index contributed by atoms with van der Waals surface area (Å²) in [6.45, 7) is 0. The zero-order valence-electron chi connectivity index (χ0n) is 18.5. The second-order valence-corrected chi connectivity index (χ2v) is 8.81. The topological polar surface area (TPSA) is 53.6 Å². The van der Waals surface area contributed by atoms with Gasteiger partial charge in [0.05, 0.1) is 5.70 Å². The monoisotopic (exact) mass is 501 g/mol. The van der Waals surface area contributed by atoms with Gasteiger partial charge in [0.1, 0.15) is 17.5 Å². The number of amides is 2. The van der Waals surface area contributed by atoms with Crippen LogP contribution in [0.15, 0.2) is 109 Å². The summed E-state index contributed by atoms with van der Waals surface area (Å²) in [4.78, 5) is 13.3. The maximum atomic E-state index is 13.3. The molecule has 35 heavy (non-hydrogen) atoms. The van der Waals surface area contributed by atoms with Crippen molar-refractivity contribution in [2.45, 2.75) is 6.04 Å². The van der Waals surface area contributed by atoms with E-state index in [1.54, 1.807) is 17.1 Å². The minimum atomic E-state index is -0.335. The predicted octanol–water partition coefficient (Wildman–Crippen LogP) is 7.92. The average molecular weight is 502 g/mol. The molecule has 0 aromatic heterocycles. The molecule has 4 aromatic rings. The van der Waals surface area contributed by atoms with Crippen LogP contribution < -0.4 is 15.5 Å². The highest BCUT2D eigenvalue weighted by atomic mass is 35.5. The van der Waals surface area contributed by atoms with Gasteiger partial charge in [0.15, 0.2) is 0 Å². The van der Waals surface area contributed by atoms with E-state index in [9.17, 15) is 4.79 Å². The second kappa shape index (κ2) is 10.1. The number of nitrogens with zero attached hydrogens (tertiary/aromatic N) is 1. The fraction of sp³-hybridized carbons (Fsp3) is 0.0357. The van der Waals surface area contributed by atoms with Crippen molar-refractivity contribution in [2.24, 2.45) is 0 Å². The molecule has 2 N–H and O–H groups in total. The van der Waals surface area contributed by atoms with Crippen LogP contribution in [0.5, 0.6) is 11.5 Å². The van der Waals surface area contributed by atoms with Gasteiger partial charge in [-0.3, -0.25) is 5.43 Å². The third-order valence-electron chi connectivity index (χ3n) is 5.51. The fourth-order valence-electron chi connectivity index (χ4n) is 3.76. The standard InChI is InChI=1S/C28H21Cl2N3O2/c29-21-10-6-19(7-11-21)26-18-27(20-8-12-22(30)13-9-20)33(32-26)28(34)31-23-14-16-25(17-15-23)35-24-4-2-1-3-5-24/h1-18,27,32H,(H,31,34). The van der Waals surface area contributed by atoms with Crippen molar-refractivity contribution in [3.05, 3.63) is 130 Å². The average Bonchev–Trinajstić information content (AvgIpc) is 3.32.